The van der Waals surface area contributed by atoms with Gasteiger partial charge in [-0.3, -0.25) is 4.79 Å². The fraction of sp³-hybridized carbons (Fsp3) is 0. The summed E-state index contributed by atoms with van der Waals surface area (Å²) in [5.74, 6) is 0. The Bertz CT molecular complexity index is 842. The summed E-state index contributed by atoms with van der Waals surface area (Å²) in [6, 6.07) is 8.90. The van der Waals surface area contributed by atoms with E-state index < -0.39 is 0 Å². The van der Waals surface area contributed by atoms with Crippen molar-refractivity contribution in [2.45, 2.75) is 0 Å². The van der Waals surface area contributed by atoms with Crippen molar-refractivity contribution < 1.29 is 0 Å². The van der Waals surface area contributed by atoms with Crippen molar-refractivity contribution in [2.24, 2.45) is 0 Å². The zero-order valence-corrected chi connectivity index (χ0v) is 12.0. The van der Waals surface area contributed by atoms with Crippen molar-refractivity contribution in [1.82, 2.24) is 4.98 Å². The molecule has 2 nitrogen and oxygen atoms in total. The van der Waals surface area contributed by atoms with Gasteiger partial charge < -0.3 is 4.98 Å². The molecule has 0 fully saturated rings. The zero-order chi connectivity index (χ0) is 12.9. The third kappa shape index (κ3) is 1.83. The molecule has 0 aliphatic heterocycles. The molecule has 0 aliphatic carbocycles. The first-order valence-electron chi connectivity index (χ1n) is 5.16. The molecule has 1 heterocycles. The number of hydrogen-bond acceptors (Lipinski definition) is 1. The van der Waals surface area contributed by atoms with Crippen LogP contribution >= 0.6 is 39.1 Å². The number of aromatic amines is 1. The SMILES string of the molecule is O=c1[nH]c2cc(Cl)c(Br)cc2c2ccc(Cl)cc12. The first-order chi connectivity index (χ1) is 8.56. The van der Waals surface area contributed by atoms with Crippen LogP contribution in [0.2, 0.25) is 10.0 Å². The maximum Gasteiger partial charge on any atom is 0.256 e. The van der Waals surface area contributed by atoms with Gasteiger partial charge in [-0.05, 0) is 45.6 Å². The fourth-order valence-electron chi connectivity index (χ4n) is 2.00. The summed E-state index contributed by atoms with van der Waals surface area (Å²) < 4.78 is 0.792. The Kier molecular flexibility index (Phi) is 2.85. The van der Waals surface area contributed by atoms with Crippen molar-refractivity contribution in [3.05, 3.63) is 55.2 Å². The van der Waals surface area contributed by atoms with Gasteiger partial charge in [-0.15, -0.1) is 0 Å². The average molecular weight is 343 g/mol. The molecule has 5 heteroatoms. The van der Waals surface area contributed by atoms with Gasteiger partial charge in [0.2, 0.25) is 0 Å². The second-order valence-corrected chi connectivity index (χ2v) is 5.65. The number of hydrogen-bond donors (Lipinski definition) is 1. The molecule has 0 saturated carbocycles. The summed E-state index contributed by atoms with van der Waals surface area (Å²) in [4.78, 5) is 14.8. The lowest BCUT2D eigenvalue weighted by atomic mass is 10.1. The van der Waals surface area contributed by atoms with E-state index in [0.717, 1.165) is 15.2 Å². The number of rotatable bonds is 0. The fourth-order valence-corrected chi connectivity index (χ4v) is 2.68. The van der Waals surface area contributed by atoms with Crippen LogP contribution in [0.3, 0.4) is 0 Å². The van der Waals surface area contributed by atoms with Crippen molar-refractivity contribution in [2.75, 3.05) is 0 Å². The average Bonchev–Trinajstić information content (AvgIpc) is 2.32. The third-order valence-corrected chi connectivity index (χ3v) is 4.26. The predicted octanol–water partition coefficient (Wildman–Crippen LogP) is 4.75. The van der Waals surface area contributed by atoms with Gasteiger partial charge in [0, 0.05) is 20.3 Å². The number of fused-ring (bicyclic) bond motifs is 3. The minimum absolute atomic E-state index is 0.168. The summed E-state index contributed by atoms with van der Waals surface area (Å²) in [5, 5.41) is 3.46. The van der Waals surface area contributed by atoms with Crippen LogP contribution in [0.5, 0.6) is 0 Å². The van der Waals surface area contributed by atoms with Gasteiger partial charge in [0.05, 0.1) is 10.5 Å². The van der Waals surface area contributed by atoms with E-state index in [9.17, 15) is 4.79 Å². The lowest BCUT2D eigenvalue weighted by Crippen LogP contribution is -2.06. The van der Waals surface area contributed by atoms with E-state index >= 15 is 0 Å². The molecular weight excluding hydrogens is 337 g/mol. The molecule has 0 atom stereocenters. The molecule has 18 heavy (non-hydrogen) atoms. The smallest absolute Gasteiger partial charge is 0.256 e. The van der Waals surface area contributed by atoms with E-state index in [1.54, 1.807) is 18.2 Å². The van der Waals surface area contributed by atoms with Crippen molar-refractivity contribution in [3.63, 3.8) is 0 Å². The van der Waals surface area contributed by atoms with Crippen LogP contribution in [0.15, 0.2) is 39.6 Å². The monoisotopic (exact) mass is 341 g/mol. The molecule has 0 aliphatic rings. The second-order valence-electron chi connectivity index (χ2n) is 3.96. The number of aromatic nitrogens is 1. The van der Waals surface area contributed by atoms with E-state index in [1.165, 1.54) is 0 Å². The number of pyridine rings is 1. The largest absolute Gasteiger partial charge is 0.321 e. The maximum atomic E-state index is 12.0. The summed E-state index contributed by atoms with van der Waals surface area (Å²) in [5.41, 5.74) is 0.543. The quantitative estimate of drug-likeness (QED) is 0.587. The van der Waals surface area contributed by atoms with Gasteiger partial charge in [0.25, 0.3) is 5.56 Å². The highest BCUT2D eigenvalue weighted by molar-refractivity contribution is 9.10. The molecule has 1 aromatic heterocycles. The Balaban J connectivity index is 2.60. The van der Waals surface area contributed by atoms with Gasteiger partial charge in [-0.25, -0.2) is 0 Å². The van der Waals surface area contributed by atoms with Crippen LogP contribution in [0.25, 0.3) is 21.7 Å². The summed E-state index contributed by atoms with van der Waals surface area (Å²) in [7, 11) is 0. The number of nitrogens with one attached hydrogen (secondary N) is 1. The normalized spacial score (nSPS) is 11.3. The highest BCUT2D eigenvalue weighted by Crippen LogP contribution is 2.31. The van der Waals surface area contributed by atoms with Gasteiger partial charge in [-0.2, -0.15) is 0 Å². The van der Waals surface area contributed by atoms with Crippen molar-refractivity contribution >= 4 is 60.8 Å². The van der Waals surface area contributed by atoms with Crippen LogP contribution in [0.4, 0.5) is 0 Å². The predicted molar refractivity (Wildman–Crippen MR) is 79.8 cm³/mol. The van der Waals surface area contributed by atoms with Gasteiger partial charge in [0.1, 0.15) is 0 Å². The number of halogens is 3. The molecule has 0 saturated heterocycles. The minimum atomic E-state index is -0.168. The Hall–Kier alpha value is -1.03. The highest BCUT2D eigenvalue weighted by Gasteiger charge is 2.08. The lowest BCUT2D eigenvalue weighted by molar-refractivity contribution is 1.34. The molecule has 3 rings (SSSR count). The minimum Gasteiger partial charge on any atom is -0.321 e. The molecule has 2 aromatic carbocycles. The first-order valence-corrected chi connectivity index (χ1v) is 6.71. The van der Waals surface area contributed by atoms with E-state index in [2.05, 4.69) is 20.9 Å². The standard InChI is InChI=1S/C13H6BrCl2NO/c14-10-4-8-7-2-1-6(15)3-9(7)13(18)17-12(8)5-11(10)16/h1-5H,(H,17,18). The molecule has 1 N–H and O–H groups in total. The zero-order valence-electron chi connectivity index (χ0n) is 8.93. The summed E-state index contributed by atoms with van der Waals surface area (Å²) >= 11 is 15.3. The molecule has 3 aromatic rings. The van der Waals surface area contributed by atoms with Crippen LogP contribution in [0, 0.1) is 0 Å². The van der Waals surface area contributed by atoms with Gasteiger partial charge in [-0.1, -0.05) is 29.3 Å². The molecule has 0 spiro atoms. The first kappa shape index (κ1) is 12.0. The second kappa shape index (κ2) is 4.26. The number of benzene rings is 2. The molecule has 0 unspecified atom stereocenters. The van der Waals surface area contributed by atoms with E-state index in [-0.39, 0.29) is 5.56 Å². The van der Waals surface area contributed by atoms with Crippen LogP contribution in [0.1, 0.15) is 0 Å². The third-order valence-electron chi connectivity index (χ3n) is 2.83. The van der Waals surface area contributed by atoms with Crippen molar-refractivity contribution in [3.8, 4) is 0 Å². The van der Waals surface area contributed by atoms with Crippen LogP contribution in [-0.2, 0) is 0 Å². The highest BCUT2D eigenvalue weighted by atomic mass is 79.9. The van der Waals surface area contributed by atoms with E-state index in [4.69, 9.17) is 23.2 Å². The molecule has 0 amide bonds. The van der Waals surface area contributed by atoms with Crippen LogP contribution < -0.4 is 5.56 Å². The number of H-pyrrole nitrogens is 1. The van der Waals surface area contributed by atoms with E-state index in [0.29, 0.717) is 20.9 Å². The van der Waals surface area contributed by atoms with Crippen LogP contribution in [-0.4, -0.2) is 4.98 Å². The van der Waals surface area contributed by atoms with Gasteiger partial charge in [0.15, 0.2) is 0 Å². The maximum absolute atomic E-state index is 12.0. The summed E-state index contributed by atoms with van der Waals surface area (Å²) in [6.07, 6.45) is 0. The molecule has 0 bridgehead atoms. The molecule has 0 radical (unpaired) electrons. The lowest BCUT2D eigenvalue weighted by Gasteiger charge is -2.06. The van der Waals surface area contributed by atoms with E-state index in [1.807, 2.05) is 12.1 Å². The Labute approximate surface area is 121 Å². The molecular formula is C13H6BrCl2NO. The Morgan fingerprint density at radius 2 is 1.78 bits per heavy atom. The summed E-state index contributed by atoms with van der Waals surface area (Å²) in [6.45, 7) is 0. The molecule has 90 valence electrons. The topological polar surface area (TPSA) is 32.9 Å². The van der Waals surface area contributed by atoms with Crippen molar-refractivity contribution in [1.29, 1.82) is 0 Å². The Morgan fingerprint density at radius 3 is 2.56 bits per heavy atom. The van der Waals surface area contributed by atoms with Gasteiger partial charge >= 0.3 is 0 Å². The Morgan fingerprint density at radius 1 is 1.00 bits per heavy atom.